The molecule has 0 fully saturated rings. The first-order chi connectivity index (χ1) is 11.4. The molecule has 0 unspecified atom stereocenters. The van der Waals surface area contributed by atoms with Crippen molar-refractivity contribution in [2.24, 2.45) is 0 Å². The number of aromatic amines is 2. The molecule has 4 aromatic rings. The zero-order valence-electron chi connectivity index (χ0n) is 12.4. The summed E-state index contributed by atoms with van der Waals surface area (Å²) in [6, 6.07) is 21.0. The minimum atomic E-state index is -3.87. The van der Waals surface area contributed by atoms with E-state index in [0.717, 1.165) is 6.51 Å². The normalized spacial score (nSPS) is 10.8. The van der Waals surface area contributed by atoms with Gasteiger partial charge in [-0.2, -0.15) is 0 Å². The Bertz CT molecular complexity index is 784. The summed E-state index contributed by atoms with van der Waals surface area (Å²) in [6.45, 7) is 0. The molecule has 0 bridgehead atoms. The molecule has 110 valence electrons. The van der Waals surface area contributed by atoms with Crippen LogP contribution in [0, 0.1) is 0 Å². The maximum atomic E-state index is 4.41. The molecule has 2 aromatic carbocycles. The van der Waals surface area contributed by atoms with E-state index in [0.29, 0.717) is 0 Å². The third-order valence-corrected chi connectivity index (χ3v) is 22.8. The molecule has 0 aliphatic carbocycles. The molecule has 6 nitrogen and oxygen atoms in total. The van der Waals surface area contributed by atoms with Gasteiger partial charge in [0.15, 0.2) is 0 Å². The summed E-state index contributed by atoms with van der Waals surface area (Å²) >= 11 is -3.87. The Labute approximate surface area is 137 Å². The van der Waals surface area contributed by atoms with Gasteiger partial charge in [-0.3, -0.25) is 0 Å². The fourth-order valence-corrected chi connectivity index (χ4v) is 20.5. The molecule has 2 N–H and O–H groups in total. The van der Waals surface area contributed by atoms with Crippen LogP contribution in [0.15, 0.2) is 73.1 Å². The van der Waals surface area contributed by atoms with Gasteiger partial charge in [-0.05, 0) is 0 Å². The first-order valence-corrected chi connectivity index (χ1v) is 15.8. The van der Waals surface area contributed by atoms with Crippen LogP contribution in [0.1, 0.15) is 0 Å². The van der Waals surface area contributed by atoms with Gasteiger partial charge < -0.3 is 0 Å². The Kier molecular flexibility index (Phi) is 3.74. The third kappa shape index (κ3) is 2.29. The molecule has 0 saturated heterocycles. The van der Waals surface area contributed by atoms with E-state index in [4.69, 9.17) is 0 Å². The second-order valence-corrected chi connectivity index (χ2v) is 20.8. The molecule has 0 spiro atoms. The monoisotopic (exact) mass is 404 g/mol. The Morgan fingerprint density at radius 3 is 1.39 bits per heavy atom. The Morgan fingerprint density at radius 2 is 1.04 bits per heavy atom. The van der Waals surface area contributed by atoms with Crippen LogP contribution in [-0.2, 0) is 21.2 Å². The number of aromatic nitrogens is 6. The molecule has 0 saturated carbocycles. The summed E-state index contributed by atoms with van der Waals surface area (Å²) in [5.74, 6) is 0. The van der Waals surface area contributed by atoms with Crippen molar-refractivity contribution >= 4 is 12.8 Å². The second-order valence-electron chi connectivity index (χ2n) is 5.96. The van der Waals surface area contributed by atoms with Crippen LogP contribution in [0.2, 0.25) is 0 Å². The van der Waals surface area contributed by atoms with E-state index in [2.05, 4.69) is 79.4 Å². The molecule has 23 heavy (non-hydrogen) atoms. The van der Waals surface area contributed by atoms with Gasteiger partial charge in [0.25, 0.3) is 0 Å². The van der Waals surface area contributed by atoms with Crippen molar-refractivity contribution in [3.8, 4) is 0 Å². The van der Waals surface area contributed by atoms with E-state index >= 15 is 0 Å². The van der Waals surface area contributed by atoms with Gasteiger partial charge in [-0.1, -0.05) is 0 Å². The Morgan fingerprint density at radius 1 is 0.609 bits per heavy atom. The SMILES string of the molecule is c1cc[c]([Cd]([c]2ccccc2)([c]2c[nH]nn2)[c]2c[nH]nn2)cc1. The molecule has 0 radical (unpaired) electrons. The van der Waals surface area contributed by atoms with Crippen LogP contribution >= 0.6 is 0 Å². The summed E-state index contributed by atoms with van der Waals surface area (Å²) in [5.41, 5.74) is 0. The van der Waals surface area contributed by atoms with Gasteiger partial charge >= 0.3 is 138 Å². The van der Waals surface area contributed by atoms with Crippen molar-refractivity contribution in [3.63, 3.8) is 0 Å². The summed E-state index contributed by atoms with van der Waals surface area (Å²) in [4.78, 5) is 0. The predicted molar refractivity (Wildman–Crippen MR) is 84.2 cm³/mol. The third-order valence-electron chi connectivity index (χ3n) is 4.93. The van der Waals surface area contributed by atoms with Gasteiger partial charge in [0.05, 0.1) is 0 Å². The standard InChI is InChI=1S/2C6H5.2C2H2N3.Cd/c2*1-2-4-6-5-3-1;2*1-2-4-5-3-1;/h2*1-5H;2*1H,(H,3,4,5);. The second kappa shape index (κ2) is 6.03. The van der Waals surface area contributed by atoms with Crippen molar-refractivity contribution in [1.29, 1.82) is 0 Å². The Hall–Kier alpha value is -2.36. The predicted octanol–water partition coefficient (Wildman–Crippen LogP) is -0.322. The molecular formula is C16H14CdN6. The van der Waals surface area contributed by atoms with Crippen LogP contribution in [0.3, 0.4) is 0 Å². The first kappa shape index (κ1) is 14.2. The number of benzene rings is 2. The average molecular weight is 403 g/mol. The van der Waals surface area contributed by atoms with Crippen LogP contribution in [0.5, 0.6) is 0 Å². The van der Waals surface area contributed by atoms with Crippen molar-refractivity contribution in [2.45, 2.75) is 0 Å². The van der Waals surface area contributed by atoms with Crippen molar-refractivity contribution in [1.82, 2.24) is 30.8 Å². The quantitative estimate of drug-likeness (QED) is 0.458. The summed E-state index contributed by atoms with van der Waals surface area (Å²) in [5, 5.41) is 22.5. The van der Waals surface area contributed by atoms with Gasteiger partial charge in [0.1, 0.15) is 0 Å². The summed E-state index contributed by atoms with van der Waals surface area (Å²) < 4.78 is 4.55. The van der Waals surface area contributed by atoms with Crippen LogP contribution < -0.4 is 12.8 Å². The average Bonchev–Trinajstić information content (AvgIpc) is 3.32. The number of nitrogens with zero attached hydrogens (tertiary/aromatic N) is 4. The van der Waals surface area contributed by atoms with E-state index in [1.165, 1.54) is 6.25 Å². The van der Waals surface area contributed by atoms with E-state index in [9.17, 15) is 0 Å². The number of hydrogen-bond donors (Lipinski definition) is 2. The summed E-state index contributed by atoms with van der Waals surface area (Å²) in [6.07, 6.45) is 3.80. The first-order valence-electron chi connectivity index (χ1n) is 7.68. The number of nitrogens with one attached hydrogen (secondary N) is 2. The molecular weight excluding hydrogens is 389 g/mol. The van der Waals surface area contributed by atoms with Crippen molar-refractivity contribution in [2.75, 3.05) is 0 Å². The van der Waals surface area contributed by atoms with Gasteiger partial charge in [-0.15, -0.1) is 0 Å². The molecule has 0 atom stereocenters. The fraction of sp³-hybridized carbons (Fsp3) is 0. The summed E-state index contributed by atoms with van der Waals surface area (Å²) in [7, 11) is 0. The topological polar surface area (TPSA) is 83.1 Å². The van der Waals surface area contributed by atoms with Gasteiger partial charge in [-0.25, -0.2) is 0 Å². The minimum absolute atomic E-state index is 0.997. The van der Waals surface area contributed by atoms with E-state index < -0.39 is 21.2 Å². The van der Waals surface area contributed by atoms with Crippen LogP contribution in [0.4, 0.5) is 0 Å². The maximum absolute atomic E-state index is 4.41. The molecule has 0 amide bonds. The van der Waals surface area contributed by atoms with Crippen LogP contribution in [0.25, 0.3) is 0 Å². The fourth-order valence-electron chi connectivity index (χ4n) is 3.89. The molecule has 7 heteroatoms. The van der Waals surface area contributed by atoms with Crippen LogP contribution in [-0.4, -0.2) is 30.8 Å². The molecule has 2 heterocycles. The van der Waals surface area contributed by atoms with Gasteiger partial charge in [0.2, 0.25) is 0 Å². The zero-order valence-corrected chi connectivity index (χ0v) is 16.5. The van der Waals surface area contributed by atoms with Crippen molar-refractivity contribution < 1.29 is 21.2 Å². The van der Waals surface area contributed by atoms with E-state index in [-0.39, 0.29) is 0 Å². The molecule has 0 aliphatic rings. The van der Waals surface area contributed by atoms with E-state index in [1.54, 1.807) is 0 Å². The molecule has 2 aromatic heterocycles. The molecule has 0 aliphatic heterocycles. The van der Waals surface area contributed by atoms with Gasteiger partial charge in [0, 0.05) is 0 Å². The zero-order chi connectivity index (χ0) is 15.5. The number of hydrogen-bond acceptors (Lipinski definition) is 4. The van der Waals surface area contributed by atoms with Crippen molar-refractivity contribution in [3.05, 3.63) is 73.1 Å². The molecule has 4 rings (SSSR count). The number of rotatable bonds is 4. The van der Waals surface area contributed by atoms with E-state index in [1.807, 2.05) is 24.5 Å². The Balaban J connectivity index is 2.11. The number of H-pyrrole nitrogens is 2.